The number of halogens is 1. The van der Waals surface area contributed by atoms with E-state index in [-0.39, 0.29) is 12.4 Å². The number of aliphatic carboxylic acids is 1. The summed E-state index contributed by atoms with van der Waals surface area (Å²) in [6, 6.07) is 17.5. The van der Waals surface area contributed by atoms with Gasteiger partial charge in [-0.05, 0) is 32.0 Å². The molecule has 0 aliphatic heterocycles. The quantitative estimate of drug-likeness (QED) is 0.261. The second-order valence-electron chi connectivity index (χ2n) is 8.20. The maximum absolute atomic E-state index is 12.3. The van der Waals surface area contributed by atoms with Gasteiger partial charge in [0, 0.05) is 39.5 Å². The van der Waals surface area contributed by atoms with Crippen LogP contribution in [-0.2, 0) is 16.1 Å². The number of para-hydroxylation sites is 1. The van der Waals surface area contributed by atoms with Gasteiger partial charge in [0.15, 0.2) is 0 Å². The third-order valence-electron chi connectivity index (χ3n) is 5.67. The minimum Gasteiger partial charge on any atom is -0.481 e. The van der Waals surface area contributed by atoms with Gasteiger partial charge in [-0.1, -0.05) is 53.2 Å². The van der Waals surface area contributed by atoms with Crippen molar-refractivity contribution in [3.8, 4) is 22.9 Å². The minimum absolute atomic E-state index is 0.117. The zero-order valence-electron chi connectivity index (χ0n) is 20.1. The number of nitrogens with zero attached hydrogens (tertiary/aromatic N) is 2. The topological polar surface area (TPSA) is 124 Å². The van der Waals surface area contributed by atoms with E-state index in [0.717, 1.165) is 0 Å². The van der Waals surface area contributed by atoms with Gasteiger partial charge in [-0.2, -0.15) is 0 Å². The smallest absolute Gasteiger partial charge is 0.408 e. The summed E-state index contributed by atoms with van der Waals surface area (Å²) < 4.78 is 16.4. The molecule has 0 saturated carbocycles. The Kier molecular flexibility index (Phi) is 8.05. The molecule has 0 aliphatic rings. The largest absolute Gasteiger partial charge is 0.481 e. The number of carbonyl (C=O) groups is 2. The van der Waals surface area contributed by atoms with Crippen LogP contribution >= 0.6 is 11.6 Å². The Morgan fingerprint density at radius 2 is 1.78 bits per heavy atom. The summed E-state index contributed by atoms with van der Waals surface area (Å²) in [5.41, 5.74) is 3.01. The third-order valence-corrected chi connectivity index (χ3v) is 6.02. The Morgan fingerprint density at radius 1 is 1.05 bits per heavy atom. The van der Waals surface area contributed by atoms with Crippen molar-refractivity contribution in [2.45, 2.75) is 32.4 Å². The van der Waals surface area contributed by atoms with Gasteiger partial charge in [0.1, 0.15) is 23.8 Å². The van der Waals surface area contributed by atoms with E-state index in [1.165, 1.54) is 6.26 Å². The fraction of sp³-hybridized carbons (Fsp3) is 0.185. The number of benzene rings is 2. The first-order valence-electron chi connectivity index (χ1n) is 11.4. The van der Waals surface area contributed by atoms with Crippen LogP contribution in [0.15, 0.2) is 77.6 Å². The molecule has 0 fully saturated rings. The Bertz CT molecular complexity index is 1390. The van der Waals surface area contributed by atoms with Gasteiger partial charge in [0.25, 0.3) is 0 Å². The molecular weight excluding hydrogens is 498 g/mol. The molecule has 9 nitrogen and oxygen atoms in total. The van der Waals surface area contributed by atoms with Crippen molar-refractivity contribution >= 4 is 23.7 Å². The molecule has 2 aromatic carbocycles. The van der Waals surface area contributed by atoms with E-state index in [1.807, 2.05) is 6.07 Å². The molecule has 4 aromatic rings. The number of pyridine rings is 1. The summed E-state index contributed by atoms with van der Waals surface area (Å²) in [6.45, 7) is 3.45. The summed E-state index contributed by atoms with van der Waals surface area (Å²) in [4.78, 5) is 28.1. The van der Waals surface area contributed by atoms with Crippen LogP contribution in [0.25, 0.3) is 11.3 Å². The van der Waals surface area contributed by atoms with Crippen LogP contribution < -0.4 is 10.1 Å². The first kappa shape index (κ1) is 25.7. The van der Waals surface area contributed by atoms with Crippen LogP contribution in [0.4, 0.5) is 4.79 Å². The van der Waals surface area contributed by atoms with Crippen molar-refractivity contribution in [1.29, 1.82) is 0 Å². The van der Waals surface area contributed by atoms with Gasteiger partial charge in [0.2, 0.25) is 5.88 Å². The Morgan fingerprint density at radius 3 is 2.49 bits per heavy atom. The molecule has 190 valence electrons. The number of hydrogen-bond donors (Lipinski definition) is 2. The monoisotopic (exact) mass is 521 g/mol. The van der Waals surface area contributed by atoms with Crippen LogP contribution in [0.1, 0.15) is 42.6 Å². The number of aromatic nitrogens is 2. The first-order chi connectivity index (χ1) is 17.8. The van der Waals surface area contributed by atoms with Gasteiger partial charge >= 0.3 is 12.1 Å². The van der Waals surface area contributed by atoms with E-state index in [9.17, 15) is 14.7 Å². The Labute approximate surface area is 218 Å². The highest BCUT2D eigenvalue weighted by molar-refractivity contribution is 6.31. The fourth-order valence-corrected chi connectivity index (χ4v) is 3.91. The highest BCUT2D eigenvalue weighted by atomic mass is 35.5. The Hall–Kier alpha value is -4.37. The number of carboxylic acids is 1. The van der Waals surface area contributed by atoms with Crippen molar-refractivity contribution in [3.63, 3.8) is 0 Å². The van der Waals surface area contributed by atoms with E-state index in [4.69, 9.17) is 25.6 Å². The van der Waals surface area contributed by atoms with Crippen LogP contribution in [-0.4, -0.2) is 27.3 Å². The molecule has 10 heteroatoms. The molecule has 2 unspecified atom stereocenters. The second-order valence-corrected chi connectivity index (χ2v) is 8.60. The molecule has 37 heavy (non-hydrogen) atoms. The van der Waals surface area contributed by atoms with E-state index in [0.29, 0.717) is 38.7 Å². The standard InChI is InChI=1S/C27H24ClN3O6/c1-16(26(32)33)20-7-4-6-10-23(20)37-24-12-11-18(13-29-24)25-19(15-35-31-25)14-30-27(34)36-17(2)21-8-3-5-9-22(21)28/h3-13,15-17H,14H2,1-2H3,(H,30,34)(H,32,33). The zero-order chi connectivity index (χ0) is 26.4. The summed E-state index contributed by atoms with van der Waals surface area (Å²) in [5.74, 6) is -0.989. The molecule has 0 radical (unpaired) electrons. The molecule has 0 aliphatic carbocycles. The van der Waals surface area contributed by atoms with E-state index in [1.54, 1.807) is 74.6 Å². The lowest BCUT2D eigenvalue weighted by molar-refractivity contribution is -0.138. The zero-order valence-corrected chi connectivity index (χ0v) is 20.8. The van der Waals surface area contributed by atoms with Gasteiger partial charge in [-0.25, -0.2) is 9.78 Å². The van der Waals surface area contributed by atoms with Crippen molar-refractivity contribution < 1.29 is 28.7 Å². The molecule has 0 saturated heterocycles. The number of amides is 1. The fourth-order valence-electron chi connectivity index (χ4n) is 3.62. The number of carbonyl (C=O) groups excluding carboxylic acids is 1. The van der Waals surface area contributed by atoms with Gasteiger partial charge in [-0.3, -0.25) is 4.79 Å². The predicted molar refractivity (Wildman–Crippen MR) is 135 cm³/mol. The van der Waals surface area contributed by atoms with Crippen LogP contribution in [0, 0.1) is 0 Å². The van der Waals surface area contributed by atoms with E-state index >= 15 is 0 Å². The van der Waals surface area contributed by atoms with Gasteiger partial charge in [-0.15, -0.1) is 0 Å². The van der Waals surface area contributed by atoms with Gasteiger partial charge in [0.05, 0.1) is 12.5 Å². The number of carboxylic acid groups (broad SMARTS) is 1. The lowest BCUT2D eigenvalue weighted by atomic mass is 10.0. The summed E-state index contributed by atoms with van der Waals surface area (Å²) in [6.07, 6.45) is 1.84. The Balaban J connectivity index is 1.40. The van der Waals surface area contributed by atoms with E-state index in [2.05, 4.69) is 15.5 Å². The van der Waals surface area contributed by atoms with Crippen LogP contribution in [0.2, 0.25) is 5.02 Å². The molecule has 2 aromatic heterocycles. The summed E-state index contributed by atoms with van der Waals surface area (Å²) in [5, 5.41) is 16.6. The average molecular weight is 522 g/mol. The molecule has 2 heterocycles. The average Bonchev–Trinajstić information content (AvgIpc) is 3.36. The van der Waals surface area contributed by atoms with E-state index < -0.39 is 24.1 Å². The number of rotatable bonds is 9. The number of hydrogen-bond acceptors (Lipinski definition) is 7. The van der Waals surface area contributed by atoms with Crippen molar-refractivity contribution in [2.24, 2.45) is 0 Å². The van der Waals surface area contributed by atoms with Crippen molar-refractivity contribution in [3.05, 3.63) is 94.8 Å². The van der Waals surface area contributed by atoms with Gasteiger partial charge < -0.3 is 24.4 Å². The maximum Gasteiger partial charge on any atom is 0.408 e. The lowest BCUT2D eigenvalue weighted by Gasteiger charge is -2.15. The molecule has 2 N–H and O–H groups in total. The summed E-state index contributed by atoms with van der Waals surface area (Å²) >= 11 is 6.17. The number of nitrogens with one attached hydrogen (secondary N) is 1. The molecule has 4 rings (SSSR count). The highest BCUT2D eigenvalue weighted by Crippen LogP contribution is 2.31. The summed E-state index contributed by atoms with van der Waals surface area (Å²) in [7, 11) is 0. The highest BCUT2D eigenvalue weighted by Gasteiger charge is 2.19. The number of alkyl carbamates (subject to hydrolysis) is 1. The molecular formula is C27H24ClN3O6. The van der Waals surface area contributed by atoms with Crippen LogP contribution in [0.5, 0.6) is 11.6 Å². The third kappa shape index (κ3) is 6.25. The van der Waals surface area contributed by atoms with Crippen molar-refractivity contribution in [1.82, 2.24) is 15.5 Å². The second kappa shape index (κ2) is 11.6. The molecule has 1 amide bonds. The van der Waals surface area contributed by atoms with Crippen molar-refractivity contribution in [2.75, 3.05) is 0 Å². The lowest BCUT2D eigenvalue weighted by Crippen LogP contribution is -2.25. The van der Waals surface area contributed by atoms with Crippen LogP contribution in [0.3, 0.4) is 0 Å². The normalized spacial score (nSPS) is 12.4. The molecule has 0 bridgehead atoms. The number of ether oxygens (including phenoxy) is 2. The molecule has 2 atom stereocenters. The minimum atomic E-state index is -0.950. The predicted octanol–water partition coefficient (Wildman–Crippen LogP) is 6.36. The molecule has 0 spiro atoms. The maximum atomic E-state index is 12.3. The SMILES string of the molecule is CC(OC(=O)NCc1conc1-c1ccc(Oc2ccccc2C(C)C(=O)O)nc1)c1ccccc1Cl. The first-order valence-corrected chi connectivity index (χ1v) is 11.8.